The normalized spacial score (nSPS) is 26.8. The largest absolute Gasteiger partial charge is 0.395 e. The van der Waals surface area contributed by atoms with Crippen LogP contribution in [0.15, 0.2) is 24.3 Å². The number of nitrogens with zero attached hydrogens (tertiary/aromatic N) is 2. The highest BCUT2D eigenvalue weighted by Crippen LogP contribution is 2.42. The van der Waals surface area contributed by atoms with Crippen molar-refractivity contribution in [2.75, 3.05) is 40.0 Å². The first-order chi connectivity index (χ1) is 15.2. The number of fused-ring (bicyclic) bond motifs is 1. The van der Waals surface area contributed by atoms with E-state index in [0.29, 0.717) is 12.6 Å². The van der Waals surface area contributed by atoms with Gasteiger partial charge in [-0.1, -0.05) is 36.8 Å². The minimum Gasteiger partial charge on any atom is -0.395 e. The molecule has 1 saturated carbocycles. The summed E-state index contributed by atoms with van der Waals surface area (Å²) in [5.74, 6) is 6.32. The van der Waals surface area contributed by atoms with E-state index >= 15 is 0 Å². The lowest BCUT2D eigenvalue weighted by Crippen LogP contribution is -2.68. The van der Waals surface area contributed by atoms with Crippen LogP contribution in [0.4, 0.5) is 4.79 Å². The van der Waals surface area contributed by atoms with Crippen molar-refractivity contribution >= 4 is 6.03 Å². The van der Waals surface area contributed by atoms with Crippen LogP contribution in [0.1, 0.15) is 55.6 Å². The summed E-state index contributed by atoms with van der Waals surface area (Å²) in [6.07, 6.45) is 6.70. The lowest BCUT2D eigenvalue weighted by atomic mass is 9.74. The van der Waals surface area contributed by atoms with E-state index in [1.165, 1.54) is 18.4 Å². The molecule has 1 aromatic carbocycles. The topological polar surface area (TPSA) is 65.0 Å². The highest BCUT2D eigenvalue weighted by atomic mass is 16.5. The SMILES string of the molecule is COCC#Cc1ccc([C@H]2[C@H]3CN(C(=O)NC4CCCC4)CCCCN3[C@H]2CO)cc1. The number of rotatable bonds is 4. The average Bonchev–Trinajstić information content (AvgIpc) is 3.27. The Morgan fingerprint density at radius 3 is 2.61 bits per heavy atom. The van der Waals surface area contributed by atoms with Gasteiger partial charge in [0.1, 0.15) is 6.61 Å². The molecule has 2 saturated heterocycles. The monoisotopic (exact) mass is 425 g/mol. The van der Waals surface area contributed by atoms with Crippen molar-refractivity contribution in [3.05, 3.63) is 35.4 Å². The molecule has 6 nitrogen and oxygen atoms in total. The first-order valence-corrected chi connectivity index (χ1v) is 11.7. The fourth-order valence-electron chi connectivity index (χ4n) is 5.46. The number of methoxy groups -OCH3 is 1. The van der Waals surface area contributed by atoms with E-state index in [0.717, 1.165) is 50.9 Å². The summed E-state index contributed by atoms with van der Waals surface area (Å²) in [5, 5.41) is 13.4. The summed E-state index contributed by atoms with van der Waals surface area (Å²) >= 11 is 0. The molecule has 168 valence electrons. The number of carbonyl (C=O) groups excluding carboxylic acids is 1. The van der Waals surface area contributed by atoms with Crippen LogP contribution in [0.25, 0.3) is 0 Å². The van der Waals surface area contributed by atoms with Gasteiger partial charge in [0.25, 0.3) is 0 Å². The lowest BCUT2D eigenvalue weighted by molar-refractivity contribution is -0.0591. The molecular formula is C25H35N3O3. The van der Waals surface area contributed by atoms with Crippen molar-refractivity contribution < 1.29 is 14.6 Å². The fourth-order valence-corrected chi connectivity index (χ4v) is 5.46. The lowest BCUT2D eigenvalue weighted by Gasteiger charge is -2.57. The van der Waals surface area contributed by atoms with Gasteiger partial charge in [-0.15, -0.1) is 0 Å². The summed E-state index contributed by atoms with van der Waals surface area (Å²) in [5.41, 5.74) is 2.18. The summed E-state index contributed by atoms with van der Waals surface area (Å²) in [7, 11) is 1.64. The Morgan fingerprint density at radius 2 is 1.90 bits per heavy atom. The smallest absolute Gasteiger partial charge is 0.317 e. The molecule has 0 bridgehead atoms. The van der Waals surface area contributed by atoms with Gasteiger partial charge in [-0.3, -0.25) is 4.90 Å². The van der Waals surface area contributed by atoms with Crippen LogP contribution in [0.2, 0.25) is 0 Å². The predicted molar refractivity (Wildman–Crippen MR) is 121 cm³/mol. The molecule has 0 radical (unpaired) electrons. The fraction of sp³-hybridized carbons (Fsp3) is 0.640. The summed E-state index contributed by atoms with van der Waals surface area (Å²) in [6, 6.07) is 9.13. The second-order valence-corrected chi connectivity index (χ2v) is 9.02. The molecule has 2 N–H and O–H groups in total. The molecule has 4 rings (SSSR count). The van der Waals surface area contributed by atoms with Gasteiger partial charge in [-0.25, -0.2) is 4.79 Å². The van der Waals surface area contributed by atoms with Gasteiger partial charge in [0.05, 0.1) is 6.61 Å². The average molecular weight is 426 g/mol. The number of aliphatic hydroxyl groups is 1. The van der Waals surface area contributed by atoms with Crippen LogP contribution < -0.4 is 5.32 Å². The quantitative estimate of drug-likeness (QED) is 0.728. The Kier molecular flexibility index (Phi) is 7.49. The summed E-state index contributed by atoms with van der Waals surface area (Å²) in [4.78, 5) is 17.4. The second kappa shape index (κ2) is 10.5. The van der Waals surface area contributed by atoms with Crippen LogP contribution in [-0.4, -0.2) is 79.0 Å². The van der Waals surface area contributed by atoms with Crippen molar-refractivity contribution in [2.24, 2.45) is 0 Å². The number of urea groups is 1. The number of aliphatic hydroxyl groups excluding tert-OH is 1. The maximum atomic E-state index is 13.0. The van der Waals surface area contributed by atoms with E-state index in [1.807, 2.05) is 17.0 Å². The molecule has 3 fully saturated rings. The van der Waals surface area contributed by atoms with Crippen LogP contribution in [0, 0.1) is 11.8 Å². The van der Waals surface area contributed by atoms with Crippen molar-refractivity contribution in [2.45, 2.75) is 62.6 Å². The molecule has 6 heteroatoms. The van der Waals surface area contributed by atoms with E-state index in [4.69, 9.17) is 4.74 Å². The minimum atomic E-state index is 0.0868. The molecule has 31 heavy (non-hydrogen) atoms. The van der Waals surface area contributed by atoms with Crippen molar-refractivity contribution in [1.29, 1.82) is 0 Å². The van der Waals surface area contributed by atoms with Crippen molar-refractivity contribution in [1.82, 2.24) is 15.1 Å². The third-order valence-corrected chi connectivity index (χ3v) is 7.08. The number of carbonyl (C=O) groups is 1. The van der Waals surface area contributed by atoms with E-state index < -0.39 is 0 Å². The summed E-state index contributed by atoms with van der Waals surface area (Å²) < 4.78 is 4.99. The van der Waals surface area contributed by atoms with Crippen LogP contribution in [0.3, 0.4) is 0 Å². The molecule has 2 amide bonds. The standard InChI is InChI=1S/C25H35N3O3/c1-31-16-6-7-19-10-12-20(13-11-19)24-22-17-27(25(30)26-21-8-2-3-9-21)14-4-5-15-28(22)23(24)18-29/h10-13,21-24,29H,2-5,8-9,14-18H2,1H3,(H,26,30)/t22-,23+,24+/m1/s1. The van der Waals surface area contributed by atoms with E-state index in [9.17, 15) is 9.90 Å². The first kappa shape index (κ1) is 22.1. The van der Waals surface area contributed by atoms with Gasteiger partial charge < -0.3 is 20.1 Å². The van der Waals surface area contributed by atoms with Crippen molar-refractivity contribution in [3.8, 4) is 11.8 Å². The van der Waals surface area contributed by atoms with Crippen LogP contribution >= 0.6 is 0 Å². The second-order valence-electron chi connectivity index (χ2n) is 9.02. The number of amides is 2. The van der Waals surface area contributed by atoms with Gasteiger partial charge in [0, 0.05) is 49.8 Å². The van der Waals surface area contributed by atoms with Gasteiger partial charge in [-0.2, -0.15) is 0 Å². The van der Waals surface area contributed by atoms with Crippen LogP contribution in [-0.2, 0) is 4.74 Å². The van der Waals surface area contributed by atoms with E-state index in [1.54, 1.807) is 7.11 Å². The Hall–Kier alpha value is -2.07. The third-order valence-electron chi connectivity index (χ3n) is 7.08. The Morgan fingerprint density at radius 1 is 1.16 bits per heavy atom. The number of hydrogen-bond acceptors (Lipinski definition) is 4. The summed E-state index contributed by atoms with van der Waals surface area (Å²) in [6.45, 7) is 3.09. The van der Waals surface area contributed by atoms with Gasteiger partial charge >= 0.3 is 6.03 Å². The Bertz CT molecular complexity index is 794. The highest BCUT2D eigenvalue weighted by molar-refractivity contribution is 5.74. The highest BCUT2D eigenvalue weighted by Gasteiger charge is 2.49. The maximum absolute atomic E-state index is 13.0. The Labute approximate surface area is 185 Å². The van der Waals surface area contributed by atoms with Crippen LogP contribution in [0.5, 0.6) is 0 Å². The molecule has 2 heterocycles. The zero-order valence-corrected chi connectivity index (χ0v) is 18.6. The molecule has 3 atom stereocenters. The van der Waals surface area contributed by atoms with E-state index in [2.05, 4.69) is 34.2 Å². The molecule has 0 aromatic heterocycles. The minimum absolute atomic E-state index is 0.0868. The molecule has 0 unspecified atom stereocenters. The maximum Gasteiger partial charge on any atom is 0.317 e. The zero-order chi connectivity index (χ0) is 21.6. The number of hydrogen-bond donors (Lipinski definition) is 2. The van der Waals surface area contributed by atoms with E-state index in [-0.39, 0.29) is 30.6 Å². The van der Waals surface area contributed by atoms with Gasteiger partial charge in [0.15, 0.2) is 0 Å². The Balaban J connectivity index is 1.47. The number of benzene rings is 1. The molecule has 1 aliphatic carbocycles. The third kappa shape index (κ3) is 5.06. The molecule has 1 aromatic rings. The van der Waals surface area contributed by atoms with Gasteiger partial charge in [-0.05, 0) is 49.9 Å². The molecule has 3 aliphatic rings. The predicted octanol–water partition coefficient (Wildman–Crippen LogP) is 2.56. The van der Waals surface area contributed by atoms with Gasteiger partial charge in [0.2, 0.25) is 0 Å². The first-order valence-electron chi connectivity index (χ1n) is 11.7. The molecule has 0 spiro atoms. The molecule has 2 aliphatic heterocycles. The molecular weight excluding hydrogens is 390 g/mol. The number of nitrogens with one attached hydrogen (secondary N) is 1. The van der Waals surface area contributed by atoms with Crippen molar-refractivity contribution in [3.63, 3.8) is 0 Å². The zero-order valence-electron chi connectivity index (χ0n) is 18.6. The number of ether oxygens (including phenoxy) is 1.